The Morgan fingerprint density at radius 3 is 3.00 bits per heavy atom. The lowest BCUT2D eigenvalue weighted by molar-refractivity contribution is -0.131. The Bertz CT molecular complexity index is 911. The van der Waals surface area contributed by atoms with E-state index in [0.29, 0.717) is 38.6 Å². The maximum atomic E-state index is 12.9. The third kappa shape index (κ3) is 3.92. The first-order chi connectivity index (χ1) is 14.3. The third-order valence-electron chi connectivity index (χ3n) is 5.90. The second-order valence-electron chi connectivity index (χ2n) is 7.96. The maximum absolute atomic E-state index is 12.9. The van der Waals surface area contributed by atoms with Crippen LogP contribution >= 0.6 is 0 Å². The van der Waals surface area contributed by atoms with E-state index in [1.54, 1.807) is 0 Å². The van der Waals surface area contributed by atoms with Crippen LogP contribution in [0.25, 0.3) is 0 Å². The molecule has 29 heavy (non-hydrogen) atoms. The minimum atomic E-state index is 0.120. The quantitative estimate of drug-likeness (QED) is 0.856. The van der Waals surface area contributed by atoms with Crippen LogP contribution in [0.5, 0.6) is 11.5 Å². The van der Waals surface area contributed by atoms with E-state index in [2.05, 4.69) is 10.3 Å². The number of hydrogen-bond acceptors (Lipinski definition) is 6. The van der Waals surface area contributed by atoms with Gasteiger partial charge >= 0.3 is 0 Å². The molecule has 0 spiro atoms. The predicted octanol–water partition coefficient (Wildman–Crippen LogP) is 1.84. The van der Waals surface area contributed by atoms with Crippen LogP contribution in [0.4, 0.5) is 0 Å². The van der Waals surface area contributed by atoms with Gasteiger partial charge in [-0.25, -0.2) is 9.97 Å². The number of nitrogens with one attached hydrogen (secondary N) is 1. The normalized spacial score (nSPS) is 20.8. The van der Waals surface area contributed by atoms with Gasteiger partial charge in [0, 0.05) is 50.2 Å². The van der Waals surface area contributed by atoms with Crippen molar-refractivity contribution in [3.63, 3.8) is 0 Å². The fourth-order valence-corrected chi connectivity index (χ4v) is 4.22. The third-order valence-corrected chi connectivity index (χ3v) is 5.90. The molecule has 1 aromatic heterocycles. The monoisotopic (exact) mass is 394 g/mol. The van der Waals surface area contributed by atoms with E-state index in [-0.39, 0.29) is 5.91 Å². The number of rotatable bonds is 3. The van der Waals surface area contributed by atoms with Crippen LogP contribution < -0.4 is 14.8 Å². The summed E-state index contributed by atoms with van der Waals surface area (Å²) < 4.78 is 11.4. The van der Waals surface area contributed by atoms with Crippen LogP contribution in [-0.4, -0.2) is 53.6 Å². The number of carbonyl (C=O) groups is 1. The minimum absolute atomic E-state index is 0.120. The molecule has 0 radical (unpaired) electrons. The molecule has 1 unspecified atom stereocenters. The summed E-state index contributed by atoms with van der Waals surface area (Å²) in [5, 5.41) is 3.37. The summed E-state index contributed by atoms with van der Waals surface area (Å²) in [6.07, 6.45) is 5.04. The molecule has 3 aliphatic rings. The molecule has 3 aliphatic heterocycles. The first kappa shape index (κ1) is 18.4. The van der Waals surface area contributed by atoms with E-state index in [9.17, 15) is 4.79 Å². The smallest absolute Gasteiger partial charge is 0.227 e. The van der Waals surface area contributed by atoms with Gasteiger partial charge in [-0.2, -0.15) is 0 Å². The van der Waals surface area contributed by atoms with Crippen LogP contribution in [0, 0.1) is 0 Å². The first-order valence-electron chi connectivity index (χ1n) is 10.5. The average molecular weight is 394 g/mol. The fraction of sp³-hybridized carbons (Fsp3) is 0.500. The van der Waals surface area contributed by atoms with Crippen molar-refractivity contribution in [2.75, 3.05) is 32.8 Å². The standard InChI is InChI=1S/C22H26N4O3/c27-21(11-15-2-3-19-20(10-15)29-9-1-8-28-19)26-7-5-18-17(14-26)13-24-22(25-18)16-4-6-23-12-16/h2-3,10,13,16,23H,1,4-9,11-12,14H2. The zero-order valence-corrected chi connectivity index (χ0v) is 16.5. The summed E-state index contributed by atoms with van der Waals surface area (Å²) in [4.78, 5) is 24.2. The average Bonchev–Trinajstić information content (AvgIpc) is 3.19. The van der Waals surface area contributed by atoms with E-state index >= 15 is 0 Å². The van der Waals surface area contributed by atoms with Gasteiger partial charge in [-0.3, -0.25) is 4.79 Å². The number of nitrogens with zero attached hydrogens (tertiary/aromatic N) is 3. The molecule has 1 saturated heterocycles. The number of carbonyl (C=O) groups excluding carboxylic acids is 1. The molecule has 1 aromatic carbocycles. The van der Waals surface area contributed by atoms with Gasteiger partial charge in [0.2, 0.25) is 5.91 Å². The predicted molar refractivity (Wildman–Crippen MR) is 107 cm³/mol. The Balaban J connectivity index is 1.25. The highest BCUT2D eigenvalue weighted by Gasteiger charge is 2.25. The van der Waals surface area contributed by atoms with Gasteiger partial charge in [0.25, 0.3) is 0 Å². The second-order valence-corrected chi connectivity index (χ2v) is 7.96. The molecule has 152 valence electrons. The molecule has 1 fully saturated rings. The zero-order chi connectivity index (χ0) is 19.6. The van der Waals surface area contributed by atoms with E-state index in [0.717, 1.165) is 66.5 Å². The van der Waals surface area contributed by atoms with Gasteiger partial charge in [0.05, 0.1) is 25.3 Å². The fourth-order valence-electron chi connectivity index (χ4n) is 4.22. The topological polar surface area (TPSA) is 76.6 Å². The van der Waals surface area contributed by atoms with Crippen molar-refractivity contribution < 1.29 is 14.3 Å². The molecular formula is C22H26N4O3. The Labute approximate surface area is 170 Å². The summed E-state index contributed by atoms with van der Waals surface area (Å²) in [7, 11) is 0. The molecule has 2 aromatic rings. The Morgan fingerprint density at radius 2 is 2.14 bits per heavy atom. The van der Waals surface area contributed by atoms with Crippen LogP contribution in [0.1, 0.15) is 41.4 Å². The van der Waals surface area contributed by atoms with Gasteiger partial charge in [-0.15, -0.1) is 0 Å². The lowest BCUT2D eigenvalue weighted by Gasteiger charge is -2.28. The van der Waals surface area contributed by atoms with Gasteiger partial charge < -0.3 is 19.7 Å². The molecule has 5 rings (SSSR count). The first-order valence-corrected chi connectivity index (χ1v) is 10.5. The van der Waals surface area contributed by atoms with E-state index < -0.39 is 0 Å². The Hall–Kier alpha value is -2.67. The summed E-state index contributed by atoms with van der Waals surface area (Å²) in [5.74, 6) is 2.98. The van der Waals surface area contributed by atoms with Crippen molar-refractivity contribution in [3.8, 4) is 11.5 Å². The van der Waals surface area contributed by atoms with Crippen LogP contribution in [0.3, 0.4) is 0 Å². The van der Waals surface area contributed by atoms with Crippen molar-refractivity contribution in [1.82, 2.24) is 20.2 Å². The van der Waals surface area contributed by atoms with E-state index in [1.807, 2.05) is 29.3 Å². The summed E-state index contributed by atoms with van der Waals surface area (Å²) in [6.45, 7) is 4.59. The summed E-state index contributed by atoms with van der Waals surface area (Å²) >= 11 is 0. The maximum Gasteiger partial charge on any atom is 0.227 e. The highest BCUT2D eigenvalue weighted by atomic mass is 16.5. The highest BCUT2D eigenvalue weighted by Crippen LogP contribution is 2.31. The van der Waals surface area contributed by atoms with E-state index in [4.69, 9.17) is 14.5 Å². The number of amides is 1. The molecule has 1 N–H and O–H groups in total. The van der Waals surface area contributed by atoms with Crippen molar-refractivity contribution in [1.29, 1.82) is 0 Å². The van der Waals surface area contributed by atoms with Crippen molar-refractivity contribution >= 4 is 5.91 Å². The molecule has 1 atom stereocenters. The largest absolute Gasteiger partial charge is 0.490 e. The van der Waals surface area contributed by atoms with Crippen molar-refractivity contribution in [2.24, 2.45) is 0 Å². The second kappa shape index (κ2) is 7.99. The highest BCUT2D eigenvalue weighted by molar-refractivity contribution is 5.79. The lowest BCUT2D eigenvalue weighted by Crippen LogP contribution is -2.37. The molecule has 7 heteroatoms. The molecule has 7 nitrogen and oxygen atoms in total. The Kier molecular flexibility index (Phi) is 5.06. The molecule has 0 bridgehead atoms. The Morgan fingerprint density at radius 1 is 1.24 bits per heavy atom. The minimum Gasteiger partial charge on any atom is -0.490 e. The number of aromatic nitrogens is 2. The number of hydrogen-bond donors (Lipinski definition) is 1. The number of fused-ring (bicyclic) bond motifs is 2. The zero-order valence-electron chi connectivity index (χ0n) is 16.5. The van der Waals surface area contributed by atoms with Gasteiger partial charge in [0.15, 0.2) is 11.5 Å². The molecule has 0 saturated carbocycles. The van der Waals surface area contributed by atoms with Crippen molar-refractivity contribution in [3.05, 3.63) is 47.0 Å². The molecule has 4 heterocycles. The lowest BCUT2D eigenvalue weighted by atomic mass is 10.0. The van der Waals surface area contributed by atoms with Crippen molar-refractivity contribution in [2.45, 2.75) is 38.1 Å². The molecular weight excluding hydrogens is 368 g/mol. The van der Waals surface area contributed by atoms with Gasteiger partial charge in [-0.05, 0) is 30.7 Å². The van der Waals surface area contributed by atoms with Crippen LogP contribution in [0.2, 0.25) is 0 Å². The number of benzene rings is 1. The van der Waals surface area contributed by atoms with Gasteiger partial charge in [-0.1, -0.05) is 6.07 Å². The summed E-state index contributed by atoms with van der Waals surface area (Å²) in [5.41, 5.74) is 3.12. The molecule has 0 aliphatic carbocycles. The number of ether oxygens (including phenoxy) is 2. The summed E-state index contributed by atoms with van der Waals surface area (Å²) in [6, 6.07) is 5.79. The SMILES string of the molecule is O=C(Cc1ccc2c(c1)OCCCO2)N1CCc2nc(C3CCNC3)ncc2C1. The van der Waals surface area contributed by atoms with E-state index in [1.165, 1.54) is 0 Å². The van der Waals surface area contributed by atoms with Gasteiger partial charge in [0.1, 0.15) is 5.82 Å². The van der Waals surface area contributed by atoms with Crippen LogP contribution in [0.15, 0.2) is 24.4 Å². The molecule has 1 amide bonds. The van der Waals surface area contributed by atoms with Crippen LogP contribution in [-0.2, 0) is 24.2 Å².